The molecule has 1 aromatic heterocycles. The zero-order valence-electron chi connectivity index (χ0n) is 10.8. The molecule has 6 heteroatoms. The molecule has 1 fully saturated rings. The summed E-state index contributed by atoms with van der Waals surface area (Å²) < 4.78 is 2.19. The third-order valence-electron chi connectivity index (χ3n) is 3.31. The summed E-state index contributed by atoms with van der Waals surface area (Å²) in [4.78, 5) is 2.46. The second-order valence-electron chi connectivity index (χ2n) is 4.43. The van der Waals surface area contributed by atoms with Crippen molar-refractivity contribution in [2.45, 2.75) is 39.9 Å². The van der Waals surface area contributed by atoms with Crippen LogP contribution in [0.1, 0.15) is 25.5 Å². The van der Waals surface area contributed by atoms with E-state index in [9.17, 15) is 0 Å². The maximum Gasteiger partial charge on any atom is 0.147 e. The number of rotatable bonds is 3. The Morgan fingerprint density at radius 1 is 1.41 bits per heavy atom. The minimum Gasteiger partial charge on any atom is -0.314 e. The van der Waals surface area contributed by atoms with Gasteiger partial charge < -0.3 is 9.88 Å². The van der Waals surface area contributed by atoms with Crippen molar-refractivity contribution in [3.8, 4) is 0 Å². The summed E-state index contributed by atoms with van der Waals surface area (Å²) >= 11 is 0. The highest BCUT2D eigenvalue weighted by Crippen LogP contribution is 2.09. The van der Waals surface area contributed by atoms with Gasteiger partial charge in [-0.2, -0.15) is 0 Å². The molecule has 1 aliphatic rings. The lowest BCUT2D eigenvalue weighted by atomic mass is 10.2. The normalized spacial score (nSPS) is 21.2. The predicted octanol–water partition coefficient (Wildman–Crippen LogP) is 0.822. The van der Waals surface area contributed by atoms with Gasteiger partial charge in [0.05, 0.1) is 6.54 Å². The van der Waals surface area contributed by atoms with Gasteiger partial charge in [0.1, 0.15) is 11.6 Å². The first kappa shape index (κ1) is 14.4. The Labute approximate surface area is 109 Å². The Morgan fingerprint density at radius 2 is 2.18 bits per heavy atom. The van der Waals surface area contributed by atoms with Crippen molar-refractivity contribution >= 4 is 12.4 Å². The van der Waals surface area contributed by atoms with Gasteiger partial charge in [0.2, 0.25) is 0 Å². The minimum absolute atomic E-state index is 0. The van der Waals surface area contributed by atoms with Crippen LogP contribution in [-0.2, 0) is 13.1 Å². The molecule has 1 atom stereocenters. The Kier molecular flexibility index (Phi) is 5.36. The molecule has 1 aromatic rings. The molecule has 5 nitrogen and oxygen atoms in total. The van der Waals surface area contributed by atoms with Crippen LogP contribution in [0, 0.1) is 6.92 Å². The van der Waals surface area contributed by atoms with E-state index in [1.165, 1.54) is 0 Å². The maximum absolute atomic E-state index is 4.27. The van der Waals surface area contributed by atoms with Crippen LogP contribution in [0.25, 0.3) is 0 Å². The highest BCUT2D eigenvalue weighted by Gasteiger charge is 2.20. The molecule has 0 unspecified atom stereocenters. The van der Waals surface area contributed by atoms with Crippen molar-refractivity contribution < 1.29 is 0 Å². The van der Waals surface area contributed by atoms with Gasteiger partial charge in [0, 0.05) is 32.2 Å². The molecular weight excluding hydrogens is 238 g/mol. The molecule has 0 saturated carbocycles. The molecule has 0 amide bonds. The van der Waals surface area contributed by atoms with Crippen molar-refractivity contribution in [1.82, 2.24) is 25.0 Å². The van der Waals surface area contributed by atoms with Gasteiger partial charge in [-0.05, 0) is 20.8 Å². The van der Waals surface area contributed by atoms with Gasteiger partial charge >= 0.3 is 0 Å². The molecule has 1 saturated heterocycles. The average molecular weight is 260 g/mol. The van der Waals surface area contributed by atoms with E-state index < -0.39 is 0 Å². The molecule has 1 aliphatic heterocycles. The fourth-order valence-corrected chi connectivity index (χ4v) is 2.25. The number of nitrogens with zero attached hydrogens (tertiary/aromatic N) is 4. The van der Waals surface area contributed by atoms with Gasteiger partial charge in [0.25, 0.3) is 0 Å². The number of aryl methyl sites for hydroxylation is 1. The first-order valence-corrected chi connectivity index (χ1v) is 6.05. The molecule has 98 valence electrons. The minimum atomic E-state index is 0. The monoisotopic (exact) mass is 259 g/mol. The third kappa shape index (κ3) is 3.18. The summed E-state index contributed by atoms with van der Waals surface area (Å²) in [6.45, 7) is 11.5. The highest BCUT2D eigenvalue weighted by atomic mass is 35.5. The topological polar surface area (TPSA) is 46.0 Å². The molecule has 1 N–H and O–H groups in total. The van der Waals surface area contributed by atoms with Gasteiger partial charge in [0.15, 0.2) is 0 Å². The van der Waals surface area contributed by atoms with Crippen LogP contribution in [0.4, 0.5) is 0 Å². The Bertz CT molecular complexity index is 352. The van der Waals surface area contributed by atoms with E-state index in [1.807, 2.05) is 6.92 Å². The van der Waals surface area contributed by atoms with Crippen molar-refractivity contribution in [3.63, 3.8) is 0 Å². The summed E-state index contributed by atoms with van der Waals surface area (Å²) in [7, 11) is 0. The van der Waals surface area contributed by atoms with Crippen molar-refractivity contribution in [2.24, 2.45) is 0 Å². The summed E-state index contributed by atoms with van der Waals surface area (Å²) in [5, 5.41) is 11.8. The summed E-state index contributed by atoms with van der Waals surface area (Å²) in [5.41, 5.74) is 0. The largest absolute Gasteiger partial charge is 0.314 e. The smallest absolute Gasteiger partial charge is 0.147 e. The van der Waals surface area contributed by atoms with Crippen LogP contribution >= 0.6 is 12.4 Å². The van der Waals surface area contributed by atoms with Crippen molar-refractivity contribution in [1.29, 1.82) is 0 Å². The van der Waals surface area contributed by atoms with E-state index in [0.717, 1.165) is 44.4 Å². The van der Waals surface area contributed by atoms with E-state index in [1.54, 1.807) is 0 Å². The number of hydrogen-bond acceptors (Lipinski definition) is 4. The number of hydrogen-bond donors (Lipinski definition) is 1. The average Bonchev–Trinajstić information content (AvgIpc) is 2.63. The lowest BCUT2D eigenvalue weighted by Crippen LogP contribution is -2.49. The molecule has 0 spiro atoms. The zero-order valence-corrected chi connectivity index (χ0v) is 11.6. The number of aromatic nitrogens is 3. The van der Waals surface area contributed by atoms with Crippen LogP contribution in [-0.4, -0.2) is 45.3 Å². The van der Waals surface area contributed by atoms with E-state index >= 15 is 0 Å². The maximum atomic E-state index is 4.27. The Morgan fingerprint density at radius 3 is 2.82 bits per heavy atom. The first-order chi connectivity index (χ1) is 7.72. The standard InChI is InChI=1S/C11H21N5.ClH/c1-4-16-10(3)13-14-11(16)8-15-6-5-12-7-9(15)2;/h9,12H,4-8H2,1-3H3;1H/t9-;/m1./s1. The van der Waals surface area contributed by atoms with Crippen LogP contribution in [0.5, 0.6) is 0 Å². The SMILES string of the molecule is CCn1c(C)nnc1CN1CCNC[C@H]1C.Cl. The van der Waals surface area contributed by atoms with E-state index in [4.69, 9.17) is 0 Å². The molecular formula is C11H22ClN5. The first-order valence-electron chi connectivity index (χ1n) is 6.05. The number of halogens is 1. The lowest BCUT2D eigenvalue weighted by molar-refractivity contribution is 0.159. The van der Waals surface area contributed by atoms with Crippen molar-refractivity contribution in [2.75, 3.05) is 19.6 Å². The number of nitrogens with one attached hydrogen (secondary N) is 1. The summed E-state index contributed by atoms with van der Waals surface area (Å²) in [5.74, 6) is 2.11. The van der Waals surface area contributed by atoms with Gasteiger partial charge in [-0.1, -0.05) is 0 Å². The number of piperazine rings is 1. The summed E-state index contributed by atoms with van der Waals surface area (Å²) in [6.07, 6.45) is 0. The van der Waals surface area contributed by atoms with Crippen molar-refractivity contribution in [3.05, 3.63) is 11.6 Å². The molecule has 2 rings (SSSR count). The van der Waals surface area contributed by atoms with Crippen LogP contribution in [0.3, 0.4) is 0 Å². The highest BCUT2D eigenvalue weighted by molar-refractivity contribution is 5.85. The van der Waals surface area contributed by atoms with Crippen LogP contribution in [0.15, 0.2) is 0 Å². The van der Waals surface area contributed by atoms with Crippen LogP contribution in [0.2, 0.25) is 0 Å². The third-order valence-corrected chi connectivity index (χ3v) is 3.31. The lowest BCUT2D eigenvalue weighted by Gasteiger charge is -2.33. The van der Waals surface area contributed by atoms with E-state index in [2.05, 4.69) is 38.8 Å². The molecule has 2 heterocycles. The summed E-state index contributed by atoms with van der Waals surface area (Å²) in [6, 6.07) is 0.580. The van der Waals surface area contributed by atoms with E-state index in [-0.39, 0.29) is 12.4 Å². The predicted molar refractivity (Wildman–Crippen MR) is 70.4 cm³/mol. The van der Waals surface area contributed by atoms with Gasteiger partial charge in [-0.25, -0.2) is 0 Å². The fourth-order valence-electron chi connectivity index (χ4n) is 2.25. The molecule has 0 aromatic carbocycles. The Hall–Kier alpha value is -0.650. The Balaban J connectivity index is 0.00000144. The molecule has 17 heavy (non-hydrogen) atoms. The molecule has 0 radical (unpaired) electrons. The second-order valence-corrected chi connectivity index (χ2v) is 4.43. The van der Waals surface area contributed by atoms with E-state index in [0.29, 0.717) is 6.04 Å². The van der Waals surface area contributed by atoms with Gasteiger partial charge in [-0.3, -0.25) is 4.90 Å². The zero-order chi connectivity index (χ0) is 11.5. The second kappa shape index (κ2) is 6.33. The molecule has 0 bridgehead atoms. The quantitative estimate of drug-likeness (QED) is 0.873. The van der Waals surface area contributed by atoms with Crippen LogP contribution < -0.4 is 5.32 Å². The molecule has 0 aliphatic carbocycles. The fraction of sp³-hybridized carbons (Fsp3) is 0.818. The van der Waals surface area contributed by atoms with Gasteiger partial charge in [-0.15, -0.1) is 22.6 Å².